The van der Waals surface area contributed by atoms with Gasteiger partial charge in [-0.15, -0.1) is 0 Å². The van der Waals surface area contributed by atoms with Gasteiger partial charge in [0.15, 0.2) is 11.6 Å². The molecule has 1 aromatic carbocycles. The molecule has 1 aliphatic carbocycles. The van der Waals surface area contributed by atoms with Gasteiger partial charge in [-0.3, -0.25) is 4.98 Å². The Morgan fingerprint density at radius 2 is 1.68 bits per heavy atom. The van der Waals surface area contributed by atoms with Crippen LogP contribution in [0.25, 0.3) is 0 Å². The van der Waals surface area contributed by atoms with E-state index in [1.165, 1.54) is 37.5 Å². The smallest absolute Gasteiger partial charge is 0.380 e. The number of pyridine rings is 1. The van der Waals surface area contributed by atoms with Crippen LogP contribution in [0.15, 0.2) is 30.5 Å². The Kier molecular flexibility index (Phi) is 4.64. The second kappa shape index (κ2) is 6.59. The van der Waals surface area contributed by atoms with Crippen molar-refractivity contribution in [1.29, 1.82) is 0 Å². The molecular formula is C17H16F5N3. The van der Waals surface area contributed by atoms with Crippen LogP contribution in [0.1, 0.15) is 22.9 Å². The molecule has 1 atom stereocenters. The molecule has 134 valence electrons. The fraction of sp³-hybridized carbons (Fsp3) is 0.353. The molecule has 2 aromatic rings. The van der Waals surface area contributed by atoms with Crippen LogP contribution < -0.4 is 10.6 Å². The number of aromatic nitrogens is 1. The summed E-state index contributed by atoms with van der Waals surface area (Å²) < 4.78 is 65.2. The molecular weight excluding hydrogens is 341 g/mol. The van der Waals surface area contributed by atoms with Gasteiger partial charge in [0.25, 0.3) is 0 Å². The average Bonchev–Trinajstić information content (AvgIpc) is 2.90. The number of halogens is 5. The van der Waals surface area contributed by atoms with Crippen LogP contribution in [0.4, 0.5) is 27.6 Å². The Bertz CT molecular complexity index is 727. The molecule has 1 heterocycles. The Morgan fingerprint density at radius 3 is 2.12 bits per heavy atom. The van der Waals surface area contributed by atoms with Crippen LogP contribution in [0.2, 0.25) is 0 Å². The second-order valence-corrected chi connectivity index (χ2v) is 6.02. The van der Waals surface area contributed by atoms with Crippen molar-refractivity contribution in [2.75, 3.05) is 12.4 Å². The second-order valence-electron chi connectivity index (χ2n) is 6.02. The number of nitrogens with zero attached hydrogens (tertiary/aromatic N) is 1. The minimum Gasteiger partial charge on any atom is -0.380 e. The SMILES string of the molecule is CNC(c1ccc(NC2Cc3cc(F)c(F)cc3C2)cn1)C(F)(F)F. The van der Waals surface area contributed by atoms with Gasteiger partial charge in [0, 0.05) is 6.04 Å². The van der Waals surface area contributed by atoms with Gasteiger partial charge in [-0.1, -0.05) is 0 Å². The lowest BCUT2D eigenvalue weighted by Gasteiger charge is -2.19. The number of rotatable bonds is 4. The number of anilines is 1. The maximum atomic E-state index is 13.3. The standard InChI is InChI=1S/C17H16F5N3/c1-23-16(17(20,21)22)15-3-2-11(8-24-15)25-12-4-9-6-13(18)14(19)7-10(9)5-12/h2-3,6-8,12,16,23,25H,4-5H2,1H3. The Hall–Kier alpha value is -2.22. The van der Waals surface area contributed by atoms with Gasteiger partial charge in [-0.2, -0.15) is 13.2 Å². The van der Waals surface area contributed by atoms with Crippen molar-refractivity contribution < 1.29 is 22.0 Å². The first-order chi connectivity index (χ1) is 11.8. The monoisotopic (exact) mass is 357 g/mol. The molecule has 0 bridgehead atoms. The lowest BCUT2D eigenvalue weighted by molar-refractivity contribution is -0.157. The number of nitrogens with one attached hydrogen (secondary N) is 2. The molecule has 0 fully saturated rings. The first-order valence-corrected chi connectivity index (χ1v) is 7.71. The summed E-state index contributed by atoms with van der Waals surface area (Å²) in [7, 11) is 1.22. The van der Waals surface area contributed by atoms with Crippen molar-refractivity contribution in [3.63, 3.8) is 0 Å². The maximum absolute atomic E-state index is 13.3. The minimum absolute atomic E-state index is 0.0911. The predicted molar refractivity (Wildman–Crippen MR) is 83.3 cm³/mol. The quantitative estimate of drug-likeness (QED) is 0.818. The van der Waals surface area contributed by atoms with E-state index in [-0.39, 0.29) is 11.7 Å². The number of benzene rings is 1. The zero-order valence-corrected chi connectivity index (χ0v) is 13.3. The van der Waals surface area contributed by atoms with Gasteiger partial charge < -0.3 is 10.6 Å². The molecule has 0 aliphatic heterocycles. The topological polar surface area (TPSA) is 37.0 Å². The molecule has 1 aliphatic rings. The summed E-state index contributed by atoms with van der Waals surface area (Å²) in [5.74, 6) is -1.76. The lowest BCUT2D eigenvalue weighted by Crippen LogP contribution is -2.32. The third-order valence-corrected chi connectivity index (χ3v) is 4.24. The highest BCUT2D eigenvalue weighted by Gasteiger charge is 2.40. The van der Waals surface area contributed by atoms with Crippen molar-refractivity contribution in [2.45, 2.75) is 31.1 Å². The van der Waals surface area contributed by atoms with Crippen LogP contribution in [-0.4, -0.2) is 24.2 Å². The Labute approximate surface area is 141 Å². The number of fused-ring (bicyclic) bond motifs is 1. The minimum atomic E-state index is -4.43. The molecule has 0 spiro atoms. The lowest BCUT2D eigenvalue weighted by atomic mass is 10.1. The maximum Gasteiger partial charge on any atom is 0.409 e. The van der Waals surface area contributed by atoms with Crippen molar-refractivity contribution in [2.24, 2.45) is 0 Å². The van der Waals surface area contributed by atoms with Gasteiger partial charge >= 0.3 is 6.18 Å². The fourth-order valence-corrected chi connectivity index (χ4v) is 3.09. The molecule has 3 nitrogen and oxygen atoms in total. The molecule has 8 heteroatoms. The van der Waals surface area contributed by atoms with Gasteiger partial charge in [0.05, 0.1) is 17.6 Å². The first kappa shape index (κ1) is 17.6. The third-order valence-electron chi connectivity index (χ3n) is 4.24. The summed E-state index contributed by atoms with van der Waals surface area (Å²) in [6, 6.07) is 3.28. The van der Waals surface area contributed by atoms with Gasteiger partial charge in [0.2, 0.25) is 0 Å². The van der Waals surface area contributed by atoms with Crippen molar-refractivity contribution >= 4 is 5.69 Å². The molecule has 2 N–H and O–H groups in total. The zero-order valence-electron chi connectivity index (χ0n) is 13.3. The van der Waals surface area contributed by atoms with Crippen molar-refractivity contribution in [1.82, 2.24) is 10.3 Å². The highest BCUT2D eigenvalue weighted by atomic mass is 19.4. The van der Waals surface area contributed by atoms with E-state index in [2.05, 4.69) is 15.6 Å². The molecule has 0 radical (unpaired) electrons. The van der Waals surface area contributed by atoms with Crippen LogP contribution in [-0.2, 0) is 12.8 Å². The molecule has 0 saturated carbocycles. The molecule has 3 rings (SSSR count). The van der Waals surface area contributed by atoms with Gasteiger partial charge in [-0.25, -0.2) is 8.78 Å². The normalized spacial score (nSPS) is 15.9. The van der Waals surface area contributed by atoms with Crippen molar-refractivity contribution in [3.8, 4) is 0 Å². The van der Waals surface area contributed by atoms with Crippen LogP contribution in [0, 0.1) is 11.6 Å². The zero-order chi connectivity index (χ0) is 18.2. The highest BCUT2D eigenvalue weighted by Crippen LogP contribution is 2.32. The molecule has 25 heavy (non-hydrogen) atoms. The average molecular weight is 357 g/mol. The number of hydrogen-bond donors (Lipinski definition) is 2. The van der Waals surface area contributed by atoms with Crippen molar-refractivity contribution in [3.05, 3.63) is 58.9 Å². The van der Waals surface area contributed by atoms with E-state index in [1.54, 1.807) is 0 Å². The predicted octanol–water partition coefficient (Wildman–Crippen LogP) is 3.76. The number of alkyl halides is 3. The highest BCUT2D eigenvalue weighted by molar-refractivity contribution is 5.46. The van der Waals surface area contributed by atoms with E-state index in [0.29, 0.717) is 18.5 Å². The summed E-state index contributed by atoms with van der Waals surface area (Å²) in [6.07, 6.45) is -2.08. The summed E-state index contributed by atoms with van der Waals surface area (Å²) in [6.45, 7) is 0. The van der Waals surface area contributed by atoms with Crippen LogP contribution >= 0.6 is 0 Å². The summed E-state index contributed by atoms with van der Waals surface area (Å²) in [5.41, 5.74) is 1.89. The van der Waals surface area contributed by atoms with Crippen LogP contribution in [0.5, 0.6) is 0 Å². The molecule has 1 aromatic heterocycles. The summed E-state index contributed by atoms with van der Waals surface area (Å²) in [5, 5.41) is 5.33. The molecule has 0 amide bonds. The fourth-order valence-electron chi connectivity index (χ4n) is 3.09. The van der Waals surface area contributed by atoms with E-state index >= 15 is 0 Å². The Morgan fingerprint density at radius 1 is 1.08 bits per heavy atom. The molecule has 1 unspecified atom stereocenters. The summed E-state index contributed by atoms with van der Waals surface area (Å²) in [4.78, 5) is 3.87. The first-order valence-electron chi connectivity index (χ1n) is 7.71. The van der Waals surface area contributed by atoms with Crippen LogP contribution in [0.3, 0.4) is 0 Å². The van der Waals surface area contributed by atoms with E-state index in [4.69, 9.17) is 0 Å². The largest absolute Gasteiger partial charge is 0.409 e. The molecule has 0 saturated heterocycles. The number of hydrogen-bond acceptors (Lipinski definition) is 3. The van der Waals surface area contributed by atoms with Gasteiger partial charge in [0.1, 0.15) is 6.04 Å². The van der Waals surface area contributed by atoms with E-state index in [9.17, 15) is 22.0 Å². The summed E-state index contributed by atoms with van der Waals surface area (Å²) >= 11 is 0. The van der Waals surface area contributed by atoms with Gasteiger partial charge in [-0.05, 0) is 55.3 Å². The Balaban J connectivity index is 1.69. The van der Waals surface area contributed by atoms with E-state index in [1.807, 2.05) is 0 Å². The van der Waals surface area contributed by atoms with E-state index in [0.717, 1.165) is 11.1 Å². The van der Waals surface area contributed by atoms with E-state index < -0.39 is 23.9 Å². The third kappa shape index (κ3) is 3.73.